The second kappa shape index (κ2) is 7.98. The van der Waals surface area contributed by atoms with Crippen LogP contribution in [-0.4, -0.2) is 44.1 Å². The zero-order chi connectivity index (χ0) is 17.8. The van der Waals surface area contributed by atoms with Crippen LogP contribution in [0.5, 0.6) is 5.75 Å². The Hall–Kier alpha value is -1.91. The highest BCUT2D eigenvalue weighted by molar-refractivity contribution is 6.42. The number of benzene rings is 2. The number of halogens is 2. The summed E-state index contributed by atoms with van der Waals surface area (Å²) in [5, 5.41) is 0.988. The van der Waals surface area contributed by atoms with Crippen molar-refractivity contribution in [3.05, 3.63) is 58.1 Å². The summed E-state index contributed by atoms with van der Waals surface area (Å²) >= 11 is 11.9. The first kappa shape index (κ1) is 17.9. The summed E-state index contributed by atoms with van der Waals surface area (Å²) in [5.74, 6) is 0.965. The van der Waals surface area contributed by atoms with Crippen LogP contribution in [0.3, 0.4) is 0 Å². The number of ether oxygens (including phenoxy) is 1. The highest BCUT2D eigenvalue weighted by atomic mass is 35.5. The Balaban J connectivity index is 1.55. The smallest absolute Gasteiger partial charge is 0.227 e. The molecular formula is C19H20Cl2N2O2. The molecular weight excluding hydrogens is 359 g/mol. The maximum Gasteiger partial charge on any atom is 0.227 e. The number of carbonyl (C=O) groups is 1. The molecule has 0 spiro atoms. The minimum absolute atomic E-state index is 0.118. The van der Waals surface area contributed by atoms with E-state index >= 15 is 0 Å². The number of piperazine rings is 1. The van der Waals surface area contributed by atoms with Crippen LogP contribution in [0.15, 0.2) is 42.5 Å². The number of methoxy groups -OCH3 is 1. The molecule has 0 bridgehead atoms. The fraction of sp³-hybridized carbons (Fsp3) is 0.316. The van der Waals surface area contributed by atoms with Gasteiger partial charge in [-0.25, -0.2) is 0 Å². The van der Waals surface area contributed by atoms with E-state index in [1.165, 1.54) is 0 Å². The summed E-state index contributed by atoms with van der Waals surface area (Å²) < 4.78 is 5.19. The van der Waals surface area contributed by atoms with Gasteiger partial charge >= 0.3 is 0 Å². The molecule has 0 unspecified atom stereocenters. The monoisotopic (exact) mass is 378 g/mol. The zero-order valence-corrected chi connectivity index (χ0v) is 15.6. The first-order valence-corrected chi connectivity index (χ1v) is 8.93. The first-order chi connectivity index (χ1) is 12.1. The van der Waals surface area contributed by atoms with E-state index in [4.69, 9.17) is 27.9 Å². The summed E-state index contributed by atoms with van der Waals surface area (Å²) in [4.78, 5) is 16.7. The molecule has 3 rings (SSSR count). The van der Waals surface area contributed by atoms with Crippen LogP contribution >= 0.6 is 23.2 Å². The summed E-state index contributed by atoms with van der Waals surface area (Å²) in [6, 6.07) is 13.3. The Bertz CT molecular complexity index is 742. The third-order valence-corrected chi connectivity index (χ3v) is 5.15. The number of carbonyl (C=O) groups excluding carboxylic acids is 1. The van der Waals surface area contributed by atoms with E-state index in [9.17, 15) is 4.79 Å². The lowest BCUT2D eigenvalue weighted by Crippen LogP contribution is -2.49. The van der Waals surface area contributed by atoms with Gasteiger partial charge in [-0.15, -0.1) is 0 Å². The van der Waals surface area contributed by atoms with E-state index in [0.29, 0.717) is 29.6 Å². The molecule has 6 heteroatoms. The normalized spacial score (nSPS) is 14.5. The quantitative estimate of drug-likeness (QED) is 0.808. The van der Waals surface area contributed by atoms with Gasteiger partial charge < -0.3 is 14.5 Å². The van der Waals surface area contributed by atoms with Crippen molar-refractivity contribution in [1.29, 1.82) is 0 Å². The van der Waals surface area contributed by atoms with E-state index in [1.54, 1.807) is 19.2 Å². The van der Waals surface area contributed by atoms with Crippen LogP contribution < -0.4 is 9.64 Å². The lowest BCUT2D eigenvalue weighted by atomic mass is 10.1. The molecule has 4 nitrogen and oxygen atoms in total. The van der Waals surface area contributed by atoms with Crippen LogP contribution in [-0.2, 0) is 11.2 Å². The average molecular weight is 379 g/mol. The van der Waals surface area contributed by atoms with Crippen molar-refractivity contribution in [2.45, 2.75) is 6.42 Å². The van der Waals surface area contributed by atoms with Crippen LogP contribution in [0.2, 0.25) is 10.0 Å². The molecule has 0 atom stereocenters. The molecule has 2 aromatic carbocycles. The van der Waals surface area contributed by atoms with E-state index in [1.807, 2.05) is 35.2 Å². The molecule has 0 radical (unpaired) electrons. The number of amides is 1. The fourth-order valence-electron chi connectivity index (χ4n) is 2.94. The Kier molecular flexibility index (Phi) is 5.71. The third-order valence-electron chi connectivity index (χ3n) is 4.41. The van der Waals surface area contributed by atoms with Gasteiger partial charge in [0.1, 0.15) is 5.75 Å². The van der Waals surface area contributed by atoms with Gasteiger partial charge in [-0.3, -0.25) is 4.79 Å². The van der Waals surface area contributed by atoms with Gasteiger partial charge in [0.2, 0.25) is 5.91 Å². The summed E-state index contributed by atoms with van der Waals surface area (Å²) in [6.07, 6.45) is 0.347. The molecule has 0 saturated carbocycles. The van der Waals surface area contributed by atoms with Gasteiger partial charge in [0.15, 0.2) is 0 Å². The first-order valence-electron chi connectivity index (χ1n) is 8.17. The number of anilines is 1. The van der Waals surface area contributed by atoms with Gasteiger partial charge in [-0.2, -0.15) is 0 Å². The van der Waals surface area contributed by atoms with Crippen molar-refractivity contribution in [2.24, 2.45) is 0 Å². The van der Waals surface area contributed by atoms with E-state index < -0.39 is 0 Å². The number of hydrogen-bond acceptors (Lipinski definition) is 3. The standard InChI is InChI=1S/C19H20Cl2N2O2/c1-25-16-5-3-15(4-6-16)22-8-10-23(11-9-22)19(24)13-14-2-7-17(20)18(21)12-14/h2-7,12H,8-11,13H2,1H3. The van der Waals surface area contributed by atoms with Gasteiger partial charge in [0.05, 0.1) is 23.6 Å². The highest BCUT2D eigenvalue weighted by Gasteiger charge is 2.21. The van der Waals surface area contributed by atoms with E-state index in [-0.39, 0.29) is 5.91 Å². The van der Waals surface area contributed by atoms with Crippen LogP contribution in [0, 0.1) is 0 Å². The Morgan fingerprint density at radius 3 is 2.28 bits per heavy atom. The number of nitrogens with zero attached hydrogens (tertiary/aromatic N) is 2. The second-order valence-electron chi connectivity index (χ2n) is 5.99. The SMILES string of the molecule is COc1ccc(N2CCN(C(=O)Cc3ccc(Cl)c(Cl)c3)CC2)cc1. The molecule has 2 aromatic rings. The molecule has 1 amide bonds. The maximum absolute atomic E-state index is 12.5. The molecule has 1 heterocycles. The molecule has 1 aliphatic rings. The van der Waals surface area contributed by atoms with E-state index in [2.05, 4.69) is 4.90 Å². The van der Waals surface area contributed by atoms with Gasteiger partial charge in [0.25, 0.3) is 0 Å². The summed E-state index contributed by atoms with van der Waals surface area (Å²) in [5.41, 5.74) is 2.04. The zero-order valence-electron chi connectivity index (χ0n) is 14.0. The molecule has 132 valence electrons. The predicted octanol–water partition coefficient (Wildman–Crippen LogP) is 3.89. The average Bonchev–Trinajstić information content (AvgIpc) is 2.65. The van der Waals surface area contributed by atoms with Gasteiger partial charge in [-0.05, 0) is 42.0 Å². The molecule has 0 aliphatic carbocycles. The minimum atomic E-state index is 0.118. The Morgan fingerprint density at radius 1 is 1.00 bits per heavy atom. The topological polar surface area (TPSA) is 32.8 Å². The summed E-state index contributed by atoms with van der Waals surface area (Å²) in [7, 11) is 1.66. The number of rotatable bonds is 4. The van der Waals surface area contributed by atoms with E-state index in [0.717, 1.165) is 30.1 Å². The molecule has 1 fully saturated rings. The molecule has 1 saturated heterocycles. The summed E-state index contributed by atoms with van der Waals surface area (Å²) in [6.45, 7) is 3.07. The molecule has 0 aromatic heterocycles. The fourth-order valence-corrected chi connectivity index (χ4v) is 3.26. The van der Waals surface area contributed by atoms with Crippen LogP contribution in [0.4, 0.5) is 5.69 Å². The van der Waals surface area contributed by atoms with Crippen molar-refractivity contribution >= 4 is 34.8 Å². The molecule has 25 heavy (non-hydrogen) atoms. The third kappa shape index (κ3) is 4.39. The van der Waals surface area contributed by atoms with Crippen molar-refractivity contribution < 1.29 is 9.53 Å². The van der Waals surface area contributed by atoms with Crippen molar-refractivity contribution in [3.63, 3.8) is 0 Å². The van der Waals surface area contributed by atoms with Crippen molar-refractivity contribution in [2.75, 3.05) is 38.2 Å². The molecule has 0 N–H and O–H groups in total. The largest absolute Gasteiger partial charge is 0.497 e. The molecule has 1 aliphatic heterocycles. The minimum Gasteiger partial charge on any atom is -0.497 e. The predicted molar refractivity (Wildman–Crippen MR) is 102 cm³/mol. The van der Waals surface area contributed by atoms with Crippen LogP contribution in [0.1, 0.15) is 5.56 Å². The Morgan fingerprint density at radius 2 is 1.68 bits per heavy atom. The van der Waals surface area contributed by atoms with Crippen molar-refractivity contribution in [3.8, 4) is 5.75 Å². The number of hydrogen-bond donors (Lipinski definition) is 0. The lowest BCUT2D eigenvalue weighted by molar-refractivity contribution is -0.130. The Labute approximate surface area is 157 Å². The van der Waals surface area contributed by atoms with Crippen LogP contribution in [0.25, 0.3) is 0 Å². The van der Waals surface area contributed by atoms with Gasteiger partial charge in [-0.1, -0.05) is 29.3 Å². The maximum atomic E-state index is 12.5. The lowest BCUT2D eigenvalue weighted by Gasteiger charge is -2.36. The highest BCUT2D eigenvalue weighted by Crippen LogP contribution is 2.24. The second-order valence-corrected chi connectivity index (χ2v) is 6.81. The van der Waals surface area contributed by atoms with Gasteiger partial charge in [0, 0.05) is 31.9 Å². The van der Waals surface area contributed by atoms with Crippen molar-refractivity contribution in [1.82, 2.24) is 4.90 Å².